The molecular formula is C14H16N2O3. The van der Waals surface area contributed by atoms with Crippen molar-refractivity contribution >= 4 is 5.97 Å². The van der Waals surface area contributed by atoms with Crippen LogP contribution < -0.4 is 0 Å². The van der Waals surface area contributed by atoms with E-state index >= 15 is 0 Å². The van der Waals surface area contributed by atoms with Crippen molar-refractivity contribution in [3.63, 3.8) is 0 Å². The number of aliphatic carboxylic acids is 1. The summed E-state index contributed by atoms with van der Waals surface area (Å²) in [6.07, 6.45) is 1.11. The lowest BCUT2D eigenvalue weighted by molar-refractivity contribution is -0.137. The highest BCUT2D eigenvalue weighted by Crippen LogP contribution is 2.23. The van der Waals surface area contributed by atoms with Crippen LogP contribution in [0.4, 0.5) is 0 Å². The number of aryl methyl sites for hydroxylation is 3. The van der Waals surface area contributed by atoms with Crippen LogP contribution in [0.3, 0.4) is 0 Å². The average Bonchev–Trinajstić information content (AvgIpc) is 2.77. The van der Waals surface area contributed by atoms with E-state index in [0.717, 1.165) is 11.1 Å². The van der Waals surface area contributed by atoms with Crippen LogP contribution in [-0.4, -0.2) is 21.3 Å². The summed E-state index contributed by atoms with van der Waals surface area (Å²) in [5.74, 6) is 0.160. The third-order valence-corrected chi connectivity index (χ3v) is 2.86. The van der Waals surface area contributed by atoms with E-state index in [1.54, 1.807) is 0 Å². The van der Waals surface area contributed by atoms with Gasteiger partial charge in [-0.05, 0) is 31.9 Å². The van der Waals surface area contributed by atoms with Gasteiger partial charge in [-0.1, -0.05) is 17.7 Å². The maximum Gasteiger partial charge on any atom is 0.303 e. The lowest BCUT2D eigenvalue weighted by Crippen LogP contribution is -1.95. The van der Waals surface area contributed by atoms with Gasteiger partial charge < -0.3 is 9.52 Å². The molecule has 1 N–H and O–H groups in total. The second-order valence-electron chi connectivity index (χ2n) is 4.57. The fraction of sp³-hybridized carbons (Fsp3) is 0.357. The van der Waals surface area contributed by atoms with Crippen LogP contribution in [0.25, 0.3) is 11.5 Å². The molecule has 5 nitrogen and oxygen atoms in total. The molecule has 0 saturated heterocycles. The van der Waals surface area contributed by atoms with Gasteiger partial charge in [-0.2, -0.15) is 0 Å². The lowest BCUT2D eigenvalue weighted by Gasteiger charge is -2.01. The summed E-state index contributed by atoms with van der Waals surface area (Å²) in [6, 6.07) is 6.01. The van der Waals surface area contributed by atoms with E-state index in [0.29, 0.717) is 24.6 Å². The minimum Gasteiger partial charge on any atom is -0.481 e. The molecule has 2 rings (SSSR count). The topological polar surface area (TPSA) is 76.2 Å². The van der Waals surface area contributed by atoms with Crippen molar-refractivity contribution in [3.05, 3.63) is 35.2 Å². The van der Waals surface area contributed by atoms with Crippen molar-refractivity contribution in [2.24, 2.45) is 0 Å². The second kappa shape index (κ2) is 5.65. The number of hydrogen-bond acceptors (Lipinski definition) is 4. The second-order valence-corrected chi connectivity index (χ2v) is 4.57. The molecule has 19 heavy (non-hydrogen) atoms. The van der Waals surface area contributed by atoms with Gasteiger partial charge in [-0.3, -0.25) is 4.79 Å². The molecule has 5 heteroatoms. The van der Waals surface area contributed by atoms with Gasteiger partial charge in [-0.15, -0.1) is 10.2 Å². The smallest absolute Gasteiger partial charge is 0.303 e. The molecule has 2 aromatic rings. The molecule has 0 bridgehead atoms. The fourth-order valence-electron chi connectivity index (χ4n) is 1.91. The number of carboxylic acid groups (broad SMARTS) is 1. The summed E-state index contributed by atoms with van der Waals surface area (Å²) in [5, 5.41) is 16.5. The number of nitrogens with zero attached hydrogens (tertiary/aromatic N) is 2. The zero-order valence-corrected chi connectivity index (χ0v) is 11.0. The van der Waals surface area contributed by atoms with Crippen molar-refractivity contribution < 1.29 is 14.3 Å². The van der Waals surface area contributed by atoms with Crippen molar-refractivity contribution in [1.29, 1.82) is 0 Å². The van der Waals surface area contributed by atoms with Crippen molar-refractivity contribution in [1.82, 2.24) is 10.2 Å². The average molecular weight is 260 g/mol. The molecule has 0 aliphatic rings. The summed E-state index contributed by atoms with van der Waals surface area (Å²) < 4.78 is 5.56. The van der Waals surface area contributed by atoms with Gasteiger partial charge in [0.2, 0.25) is 11.8 Å². The van der Waals surface area contributed by atoms with E-state index < -0.39 is 5.97 Å². The molecule has 0 aliphatic carbocycles. The number of carbonyl (C=O) groups is 1. The van der Waals surface area contributed by atoms with Gasteiger partial charge in [0.05, 0.1) is 0 Å². The van der Waals surface area contributed by atoms with Crippen LogP contribution in [0.15, 0.2) is 22.6 Å². The molecular weight excluding hydrogens is 244 g/mol. The molecule has 1 aromatic heterocycles. The molecule has 0 saturated carbocycles. The Labute approximate surface area is 111 Å². The Morgan fingerprint density at radius 2 is 2.11 bits per heavy atom. The van der Waals surface area contributed by atoms with E-state index in [4.69, 9.17) is 9.52 Å². The molecule has 0 unspecified atom stereocenters. The van der Waals surface area contributed by atoms with Gasteiger partial charge in [-0.25, -0.2) is 0 Å². The predicted molar refractivity (Wildman–Crippen MR) is 69.8 cm³/mol. The first kappa shape index (κ1) is 13.3. The van der Waals surface area contributed by atoms with Crippen LogP contribution in [0.2, 0.25) is 0 Å². The zero-order valence-electron chi connectivity index (χ0n) is 11.0. The Morgan fingerprint density at radius 3 is 2.79 bits per heavy atom. The van der Waals surface area contributed by atoms with E-state index in [2.05, 4.69) is 16.3 Å². The van der Waals surface area contributed by atoms with Crippen LogP contribution in [0, 0.1) is 13.8 Å². The molecule has 0 aliphatic heterocycles. The number of aromatic nitrogens is 2. The Bertz CT molecular complexity index is 590. The van der Waals surface area contributed by atoms with Gasteiger partial charge in [0.15, 0.2) is 0 Å². The number of carboxylic acids is 1. The van der Waals surface area contributed by atoms with Crippen molar-refractivity contribution in [2.75, 3.05) is 0 Å². The standard InChI is InChI=1S/C14H16N2O3/c1-9-6-7-11(10(2)8-9)14-16-15-12(19-14)4-3-5-13(17)18/h6-8H,3-5H2,1-2H3,(H,17,18). The number of benzene rings is 1. The van der Waals surface area contributed by atoms with E-state index in [1.807, 2.05) is 26.0 Å². The number of hydrogen-bond donors (Lipinski definition) is 1. The van der Waals surface area contributed by atoms with Crippen LogP contribution in [0.5, 0.6) is 0 Å². The summed E-state index contributed by atoms with van der Waals surface area (Å²) >= 11 is 0. The Hall–Kier alpha value is -2.17. The zero-order chi connectivity index (χ0) is 13.8. The SMILES string of the molecule is Cc1ccc(-c2nnc(CCCC(=O)O)o2)c(C)c1. The molecule has 0 radical (unpaired) electrons. The van der Waals surface area contributed by atoms with E-state index in [9.17, 15) is 4.79 Å². The van der Waals surface area contributed by atoms with E-state index in [-0.39, 0.29) is 6.42 Å². The number of rotatable bonds is 5. The van der Waals surface area contributed by atoms with Crippen molar-refractivity contribution in [2.45, 2.75) is 33.1 Å². The fourth-order valence-corrected chi connectivity index (χ4v) is 1.91. The van der Waals surface area contributed by atoms with Gasteiger partial charge in [0, 0.05) is 18.4 Å². The molecule has 1 heterocycles. The third kappa shape index (κ3) is 3.40. The highest BCUT2D eigenvalue weighted by Gasteiger charge is 2.11. The third-order valence-electron chi connectivity index (χ3n) is 2.86. The molecule has 0 fully saturated rings. The summed E-state index contributed by atoms with van der Waals surface area (Å²) in [5.41, 5.74) is 3.19. The quantitative estimate of drug-likeness (QED) is 0.894. The minimum absolute atomic E-state index is 0.112. The Kier molecular flexibility index (Phi) is 3.94. The molecule has 1 aromatic carbocycles. The Balaban J connectivity index is 2.10. The largest absolute Gasteiger partial charge is 0.481 e. The molecule has 0 atom stereocenters. The predicted octanol–water partition coefficient (Wildman–Crippen LogP) is 2.76. The highest BCUT2D eigenvalue weighted by atomic mass is 16.4. The first-order valence-electron chi connectivity index (χ1n) is 6.18. The van der Waals surface area contributed by atoms with Crippen LogP contribution >= 0.6 is 0 Å². The summed E-state index contributed by atoms with van der Waals surface area (Å²) in [7, 11) is 0. The van der Waals surface area contributed by atoms with Gasteiger partial charge in [0.25, 0.3) is 0 Å². The lowest BCUT2D eigenvalue weighted by atomic mass is 10.1. The van der Waals surface area contributed by atoms with Gasteiger partial charge in [0.1, 0.15) is 0 Å². The summed E-state index contributed by atoms with van der Waals surface area (Å²) in [4.78, 5) is 10.4. The normalized spacial score (nSPS) is 10.6. The molecule has 0 amide bonds. The maximum absolute atomic E-state index is 10.4. The van der Waals surface area contributed by atoms with Gasteiger partial charge >= 0.3 is 5.97 Å². The summed E-state index contributed by atoms with van der Waals surface area (Å²) in [6.45, 7) is 4.03. The van der Waals surface area contributed by atoms with Crippen LogP contribution in [0.1, 0.15) is 29.9 Å². The minimum atomic E-state index is -0.811. The molecule has 100 valence electrons. The highest BCUT2D eigenvalue weighted by molar-refractivity contribution is 5.66. The van der Waals surface area contributed by atoms with Crippen molar-refractivity contribution in [3.8, 4) is 11.5 Å². The van der Waals surface area contributed by atoms with E-state index in [1.165, 1.54) is 5.56 Å². The first-order valence-corrected chi connectivity index (χ1v) is 6.18. The first-order chi connectivity index (χ1) is 9.06. The maximum atomic E-state index is 10.4. The Morgan fingerprint density at radius 1 is 1.32 bits per heavy atom. The monoisotopic (exact) mass is 260 g/mol. The van der Waals surface area contributed by atoms with Crippen LogP contribution in [-0.2, 0) is 11.2 Å². The molecule has 0 spiro atoms.